The molecule has 0 N–H and O–H groups in total. The Kier molecular flexibility index (Phi) is 6.39. The number of hydrogen-bond acceptors (Lipinski definition) is 3. The minimum atomic E-state index is 0.873. The van der Waals surface area contributed by atoms with E-state index in [2.05, 4.69) is 169 Å². The van der Waals surface area contributed by atoms with Crippen LogP contribution in [0.5, 0.6) is 0 Å². The molecule has 0 aliphatic heterocycles. The molecule has 0 aliphatic carbocycles. The summed E-state index contributed by atoms with van der Waals surface area (Å²) in [6.45, 7) is 0. The van der Waals surface area contributed by atoms with Gasteiger partial charge in [-0.15, -0.1) is 11.3 Å². The van der Waals surface area contributed by atoms with Gasteiger partial charge in [0.05, 0.1) is 5.69 Å². The van der Waals surface area contributed by atoms with Crippen LogP contribution in [0.1, 0.15) is 0 Å². The minimum absolute atomic E-state index is 0.873. The van der Waals surface area contributed by atoms with E-state index in [1.54, 1.807) is 0 Å². The van der Waals surface area contributed by atoms with E-state index in [1.807, 2.05) is 23.5 Å². The molecule has 10 rings (SSSR count). The molecule has 0 saturated carbocycles. The Hall–Kier alpha value is -6.16. The van der Waals surface area contributed by atoms with Crippen LogP contribution in [-0.2, 0) is 0 Å². The molecule has 0 aliphatic rings. The predicted molar refractivity (Wildman–Crippen MR) is 210 cm³/mol. The van der Waals surface area contributed by atoms with E-state index >= 15 is 0 Å². The number of fused-ring (bicyclic) bond motifs is 7. The summed E-state index contributed by atoms with van der Waals surface area (Å²) in [5, 5.41) is 7.32. The molecule has 0 amide bonds. The summed E-state index contributed by atoms with van der Waals surface area (Å²) >= 11 is 1.85. The number of thiophene rings is 1. The van der Waals surface area contributed by atoms with Crippen LogP contribution in [-0.4, -0.2) is 0 Å². The number of para-hydroxylation sites is 2. The molecule has 0 bridgehead atoms. The zero-order chi connectivity index (χ0) is 32.3. The second-order valence-electron chi connectivity index (χ2n) is 12.6. The van der Waals surface area contributed by atoms with E-state index in [-0.39, 0.29) is 0 Å². The Morgan fingerprint density at radius 3 is 2.06 bits per heavy atom. The average Bonchev–Trinajstić information content (AvgIpc) is 3.73. The molecule has 2 heterocycles. The molecule has 2 nitrogen and oxygen atoms in total. The second-order valence-corrected chi connectivity index (χ2v) is 13.6. The first-order valence-electron chi connectivity index (χ1n) is 16.6. The summed E-state index contributed by atoms with van der Waals surface area (Å²) in [7, 11) is 0. The Morgan fingerprint density at radius 2 is 1.10 bits per heavy atom. The fourth-order valence-corrected chi connectivity index (χ4v) is 8.37. The van der Waals surface area contributed by atoms with Crippen molar-refractivity contribution < 1.29 is 4.42 Å². The smallest absolute Gasteiger partial charge is 0.137 e. The molecule has 3 heteroatoms. The van der Waals surface area contributed by atoms with Gasteiger partial charge in [-0.3, -0.25) is 0 Å². The quantitative estimate of drug-likeness (QED) is 0.186. The Morgan fingerprint density at radius 1 is 0.388 bits per heavy atom. The number of benzene rings is 8. The van der Waals surface area contributed by atoms with Crippen molar-refractivity contribution >= 4 is 81.3 Å². The van der Waals surface area contributed by atoms with E-state index in [9.17, 15) is 0 Å². The SMILES string of the molecule is c1cc(-c2ccc3sc4ccccc4c3c2)cc(N(c2ccc3c(c2)oc2ccccc23)c2ccccc2-c2ccc3ccccc3c2)c1. The second kappa shape index (κ2) is 11.2. The van der Waals surface area contributed by atoms with E-state index in [1.165, 1.54) is 47.6 Å². The standard InChI is InChI=1S/C46H29NOS/c1-2-11-31-26-34(21-20-30(31)10-1)37-14-3-6-17-42(37)47(36-23-24-39-38-15-4-7-18-43(38)48-44(39)29-36)35-13-9-12-32(27-35)33-22-25-46-41(28-33)40-16-5-8-19-45(40)49-46/h1-29H. The van der Waals surface area contributed by atoms with Crippen LogP contribution < -0.4 is 4.90 Å². The maximum absolute atomic E-state index is 6.41. The molecular weight excluding hydrogens is 615 g/mol. The lowest BCUT2D eigenvalue weighted by Crippen LogP contribution is -2.11. The highest BCUT2D eigenvalue weighted by molar-refractivity contribution is 7.25. The first kappa shape index (κ1) is 27.9. The highest BCUT2D eigenvalue weighted by Crippen LogP contribution is 2.44. The van der Waals surface area contributed by atoms with Crippen molar-refractivity contribution in [2.24, 2.45) is 0 Å². The van der Waals surface area contributed by atoms with Crippen LogP contribution in [0.3, 0.4) is 0 Å². The van der Waals surface area contributed by atoms with Crippen molar-refractivity contribution in [2.75, 3.05) is 4.90 Å². The molecule has 8 aromatic carbocycles. The zero-order valence-corrected chi connectivity index (χ0v) is 27.3. The van der Waals surface area contributed by atoms with Crippen molar-refractivity contribution in [1.82, 2.24) is 0 Å². The van der Waals surface area contributed by atoms with Gasteiger partial charge in [-0.2, -0.15) is 0 Å². The van der Waals surface area contributed by atoms with Gasteiger partial charge in [0.15, 0.2) is 0 Å². The van der Waals surface area contributed by atoms with Gasteiger partial charge in [0.25, 0.3) is 0 Å². The van der Waals surface area contributed by atoms with Crippen molar-refractivity contribution in [3.8, 4) is 22.3 Å². The average molecular weight is 644 g/mol. The van der Waals surface area contributed by atoms with Gasteiger partial charge < -0.3 is 9.32 Å². The van der Waals surface area contributed by atoms with Gasteiger partial charge in [-0.1, -0.05) is 109 Å². The number of nitrogens with zero attached hydrogens (tertiary/aromatic N) is 1. The first-order chi connectivity index (χ1) is 24.3. The third kappa shape index (κ3) is 4.70. The van der Waals surface area contributed by atoms with Crippen LogP contribution in [0.4, 0.5) is 17.1 Å². The summed E-state index contributed by atoms with van der Waals surface area (Å²) in [4.78, 5) is 2.37. The summed E-state index contributed by atoms with van der Waals surface area (Å²) in [6.07, 6.45) is 0. The molecule has 230 valence electrons. The van der Waals surface area contributed by atoms with Crippen LogP contribution in [0.2, 0.25) is 0 Å². The lowest BCUT2D eigenvalue weighted by Gasteiger charge is -2.28. The molecule has 2 aromatic heterocycles. The monoisotopic (exact) mass is 643 g/mol. The van der Waals surface area contributed by atoms with Crippen molar-refractivity contribution in [1.29, 1.82) is 0 Å². The van der Waals surface area contributed by atoms with Crippen LogP contribution in [0.25, 0.3) is 75.1 Å². The topological polar surface area (TPSA) is 16.4 Å². The maximum Gasteiger partial charge on any atom is 0.137 e. The summed E-state index contributed by atoms with van der Waals surface area (Å²) in [6, 6.07) is 63.4. The van der Waals surface area contributed by atoms with Crippen LogP contribution in [0, 0.1) is 0 Å². The lowest BCUT2D eigenvalue weighted by molar-refractivity contribution is 0.669. The number of hydrogen-bond donors (Lipinski definition) is 0. The molecule has 10 aromatic rings. The minimum Gasteiger partial charge on any atom is -0.456 e. The molecule has 0 unspecified atom stereocenters. The number of rotatable bonds is 5. The number of furan rings is 1. The summed E-state index contributed by atoms with van der Waals surface area (Å²) in [5.74, 6) is 0. The zero-order valence-electron chi connectivity index (χ0n) is 26.5. The molecule has 0 saturated heterocycles. The van der Waals surface area contributed by atoms with E-state index in [0.29, 0.717) is 0 Å². The third-order valence-electron chi connectivity index (χ3n) is 9.64. The third-order valence-corrected chi connectivity index (χ3v) is 10.8. The van der Waals surface area contributed by atoms with Gasteiger partial charge in [-0.05, 0) is 88.1 Å². The molecule has 0 radical (unpaired) electrons. The molecule has 0 fully saturated rings. The van der Waals surface area contributed by atoms with Crippen molar-refractivity contribution in [3.05, 3.63) is 176 Å². The van der Waals surface area contributed by atoms with Crippen molar-refractivity contribution in [3.63, 3.8) is 0 Å². The van der Waals surface area contributed by atoms with Gasteiger partial charge in [0.2, 0.25) is 0 Å². The fraction of sp³-hybridized carbons (Fsp3) is 0. The van der Waals surface area contributed by atoms with Gasteiger partial charge in [-0.25, -0.2) is 0 Å². The Labute approximate surface area is 287 Å². The first-order valence-corrected chi connectivity index (χ1v) is 17.4. The van der Waals surface area contributed by atoms with Gasteiger partial charge >= 0.3 is 0 Å². The van der Waals surface area contributed by atoms with Gasteiger partial charge in [0.1, 0.15) is 11.2 Å². The van der Waals surface area contributed by atoms with E-state index < -0.39 is 0 Å². The lowest BCUT2D eigenvalue weighted by atomic mass is 9.98. The molecular formula is C46H29NOS. The molecule has 49 heavy (non-hydrogen) atoms. The Bertz CT molecular complexity index is 2860. The molecule has 0 atom stereocenters. The fourth-order valence-electron chi connectivity index (χ4n) is 7.28. The predicted octanol–water partition coefficient (Wildman–Crippen LogP) is 13.9. The van der Waals surface area contributed by atoms with Gasteiger partial charge in [0, 0.05) is 53.9 Å². The number of anilines is 3. The van der Waals surface area contributed by atoms with Crippen molar-refractivity contribution in [2.45, 2.75) is 0 Å². The molecule has 0 spiro atoms. The Balaban J connectivity index is 1.17. The van der Waals surface area contributed by atoms with Crippen LogP contribution in [0.15, 0.2) is 180 Å². The highest BCUT2D eigenvalue weighted by Gasteiger charge is 2.20. The maximum atomic E-state index is 6.41. The van der Waals surface area contributed by atoms with E-state index in [0.717, 1.165) is 44.6 Å². The normalized spacial score (nSPS) is 11.7. The summed E-state index contributed by atoms with van der Waals surface area (Å²) in [5.41, 5.74) is 9.71. The summed E-state index contributed by atoms with van der Waals surface area (Å²) < 4.78 is 9.05. The van der Waals surface area contributed by atoms with E-state index in [4.69, 9.17) is 4.42 Å². The largest absolute Gasteiger partial charge is 0.456 e. The highest BCUT2D eigenvalue weighted by atomic mass is 32.1. The van der Waals surface area contributed by atoms with Crippen LogP contribution >= 0.6 is 11.3 Å².